The van der Waals surface area contributed by atoms with E-state index in [4.69, 9.17) is 0 Å². The monoisotopic (exact) mass is 440 g/mol. The van der Waals surface area contributed by atoms with Crippen LogP contribution in [-0.4, -0.2) is 17.0 Å². The Morgan fingerprint density at radius 1 is 0.750 bits per heavy atom. The van der Waals surface area contributed by atoms with E-state index < -0.39 is 0 Å². The van der Waals surface area contributed by atoms with Crippen molar-refractivity contribution in [1.82, 2.24) is 0 Å². The quantitative estimate of drug-likeness (QED) is 0.396. The highest BCUT2D eigenvalue weighted by Gasteiger charge is 2.68. The van der Waals surface area contributed by atoms with Crippen molar-refractivity contribution in [2.75, 3.05) is 0 Å². The van der Waals surface area contributed by atoms with Gasteiger partial charge in [-0.2, -0.15) is 0 Å². The van der Waals surface area contributed by atoms with Gasteiger partial charge >= 0.3 is 0 Å². The second-order valence-electron chi connectivity index (χ2n) is 15.0. The van der Waals surface area contributed by atoms with E-state index in [9.17, 15) is 9.90 Å². The Morgan fingerprint density at radius 3 is 2.12 bits per heavy atom. The molecule has 3 saturated carbocycles. The minimum Gasteiger partial charge on any atom is -0.393 e. The molecule has 0 bridgehead atoms. The van der Waals surface area contributed by atoms with E-state index in [1.807, 2.05) is 0 Å². The third kappa shape index (κ3) is 2.65. The van der Waals surface area contributed by atoms with E-state index in [2.05, 4.69) is 55.4 Å². The van der Waals surface area contributed by atoms with Gasteiger partial charge in [0, 0.05) is 11.8 Å². The molecule has 5 rings (SSSR count). The van der Waals surface area contributed by atoms with Gasteiger partial charge in [-0.25, -0.2) is 0 Å². The second kappa shape index (κ2) is 6.52. The number of ketones is 1. The summed E-state index contributed by atoms with van der Waals surface area (Å²) in [4.78, 5) is 12.9. The fourth-order valence-electron chi connectivity index (χ4n) is 10.3. The summed E-state index contributed by atoms with van der Waals surface area (Å²) in [5.41, 5.74) is 4.13. The normalized spacial score (nSPS) is 51.9. The number of fused-ring (bicyclic) bond motifs is 6. The molecule has 0 aromatic rings. The molecule has 32 heavy (non-hydrogen) atoms. The van der Waals surface area contributed by atoms with Gasteiger partial charge in [0.1, 0.15) is 5.78 Å². The Bertz CT molecular complexity index is 879. The van der Waals surface area contributed by atoms with Crippen LogP contribution >= 0.6 is 0 Å². The molecule has 0 radical (unpaired) electrons. The van der Waals surface area contributed by atoms with Gasteiger partial charge in [-0.15, -0.1) is 0 Å². The zero-order chi connectivity index (χ0) is 23.5. The average Bonchev–Trinajstić information content (AvgIpc) is 2.69. The molecule has 7 unspecified atom stereocenters. The van der Waals surface area contributed by atoms with Crippen molar-refractivity contribution in [3.05, 3.63) is 11.1 Å². The molecule has 0 heterocycles. The lowest BCUT2D eigenvalue weighted by Crippen LogP contribution is -2.64. The topological polar surface area (TPSA) is 37.3 Å². The fourth-order valence-corrected chi connectivity index (χ4v) is 10.3. The van der Waals surface area contributed by atoms with Gasteiger partial charge in [-0.05, 0) is 96.7 Å². The standard InChI is InChI=1S/C30H48O2/c1-25(2)15-16-28(6)22(17-25)29(7)14-11-19-20(30(29,8)18-24(28)32)9-10-21-26(3,4)23(31)12-13-27(19,21)5/h21-22,24,32H,9-18H2,1-8H3. The second-order valence-corrected chi connectivity index (χ2v) is 15.0. The molecule has 0 spiro atoms. The maximum atomic E-state index is 12.9. The van der Waals surface area contributed by atoms with Crippen molar-refractivity contribution in [3.8, 4) is 0 Å². The van der Waals surface area contributed by atoms with Crippen LogP contribution in [0.4, 0.5) is 0 Å². The van der Waals surface area contributed by atoms with Crippen LogP contribution in [0.15, 0.2) is 11.1 Å². The van der Waals surface area contributed by atoms with Crippen LogP contribution in [0.25, 0.3) is 0 Å². The van der Waals surface area contributed by atoms with Crippen molar-refractivity contribution in [1.29, 1.82) is 0 Å². The first kappa shape index (κ1) is 23.1. The van der Waals surface area contributed by atoms with E-state index in [0.717, 1.165) is 32.1 Å². The number of carbonyl (C=O) groups is 1. The molecule has 7 atom stereocenters. The smallest absolute Gasteiger partial charge is 0.138 e. The largest absolute Gasteiger partial charge is 0.393 e. The summed E-state index contributed by atoms with van der Waals surface area (Å²) in [7, 11) is 0. The highest BCUT2D eigenvalue weighted by molar-refractivity contribution is 5.85. The number of hydrogen-bond acceptors (Lipinski definition) is 2. The molecule has 0 aromatic carbocycles. The van der Waals surface area contributed by atoms with E-state index in [0.29, 0.717) is 23.0 Å². The molecule has 5 aliphatic rings. The summed E-state index contributed by atoms with van der Waals surface area (Å²) in [6.07, 6.45) is 10.9. The molecule has 2 nitrogen and oxygen atoms in total. The van der Waals surface area contributed by atoms with Crippen LogP contribution in [0.2, 0.25) is 0 Å². The number of aliphatic hydroxyl groups is 1. The van der Waals surface area contributed by atoms with Crippen molar-refractivity contribution >= 4 is 5.78 Å². The summed E-state index contributed by atoms with van der Waals surface area (Å²) in [6.45, 7) is 19.4. The van der Waals surface area contributed by atoms with Crippen molar-refractivity contribution < 1.29 is 9.90 Å². The van der Waals surface area contributed by atoms with Crippen LogP contribution in [-0.2, 0) is 4.79 Å². The maximum absolute atomic E-state index is 12.9. The molecule has 0 amide bonds. The number of hydrogen-bond donors (Lipinski definition) is 1. The number of Topliss-reactive ketones (excluding diaryl/α,β-unsaturated/α-hetero) is 1. The number of allylic oxidation sites excluding steroid dienone is 2. The first-order valence-electron chi connectivity index (χ1n) is 13.6. The predicted octanol–water partition coefficient (Wildman–Crippen LogP) is 7.49. The van der Waals surface area contributed by atoms with Gasteiger partial charge < -0.3 is 5.11 Å². The molecular weight excluding hydrogens is 392 g/mol. The lowest BCUT2D eigenvalue weighted by Gasteiger charge is -2.70. The molecule has 180 valence electrons. The lowest BCUT2D eigenvalue weighted by atomic mass is 9.35. The van der Waals surface area contributed by atoms with Gasteiger partial charge in [0.25, 0.3) is 0 Å². The van der Waals surface area contributed by atoms with E-state index >= 15 is 0 Å². The van der Waals surface area contributed by atoms with Gasteiger partial charge in [0.05, 0.1) is 6.10 Å². The van der Waals surface area contributed by atoms with Crippen LogP contribution in [0.1, 0.15) is 120 Å². The molecule has 2 heteroatoms. The van der Waals surface area contributed by atoms with Crippen LogP contribution in [0.3, 0.4) is 0 Å². The summed E-state index contributed by atoms with van der Waals surface area (Å²) < 4.78 is 0. The van der Waals surface area contributed by atoms with Crippen molar-refractivity contribution in [2.45, 2.75) is 126 Å². The Labute approximate surface area is 197 Å². The van der Waals surface area contributed by atoms with Crippen molar-refractivity contribution in [3.63, 3.8) is 0 Å². The summed E-state index contributed by atoms with van der Waals surface area (Å²) in [6, 6.07) is 0. The van der Waals surface area contributed by atoms with Gasteiger partial charge in [0.15, 0.2) is 0 Å². The van der Waals surface area contributed by atoms with E-state index in [-0.39, 0.29) is 33.2 Å². The molecule has 5 aliphatic carbocycles. The summed E-state index contributed by atoms with van der Waals surface area (Å²) >= 11 is 0. The van der Waals surface area contributed by atoms with Crippen LogP contribution in [0, 0.1) is 44.3 Å². The third-order valence-electron chi connectivity index (χ3n) is 12.8. The van der Waals surface area contributed by atoms with Crippen molar-refractivity contribution in [2.24, 2.45) is 44.3 Å². The summed E-state index contributed by atoms with van der Waals surface area (Å²) in [5.74, 6) is 1.52. The molecular formula is C30H48O2. The number of rotatable bonds is 0. The van der Waals surface area contributed by atoms with Gasteiger partial charge in [0.2, 0.25) is 0 Å². The SMILES string of the molecule is CC1(C)CCC2(C)C(O)CC3(C)C4=C(CCC3(C)C2C1)C1(C)CCC(=O)C(C)(C)C1CC4. The highest BCUT2D eigenvalue weighted by Crippen LogP contribution is 2.74. The van der Waals surface area contributed by atoms with E-state index in [1.54, 1.807) is 11.1 Å². The summed E-state index contributed by atoms with van der Waals surface area (Å²) in [5, 5.41) is 11.7. The number of carbonyl (C=O) groups excluding carboxylic acids is 1. The lowest BCUT2D eigenvalue weighted by molar-refractivity contribution is -0.203. The third-order valence-corrected chi connectivity index (χ3v) is 12.8. The van der Waals surface area contributed by atoms with E-state index in [1.165, 1.54) is 32.1 Å². The number of aliphatic hydroxyl groups excluding tert-OH is 1. The molecule has 0 saturated heterocycles. The minimum absolute atomic E-state index is 0.0577. The minimum atomic E-state index is -0.205. The molecule has 3 fully saturated rings. The molecule has 1 N–H and O–H groups in total. The zero-order valence-corrected chi connectivity index (χ0v) is 22.2. The zero-order valence-electron chi connectivity index (χ0n) is 22.2. The van der Waals surface area contributed by atoms with Gasteiger partial charge in [-0.1, -0.05) is 66.5 Å². The maximum Gasteiger partial charge on any atom is 0.138 e. The average molecular weight is 441 g/mol. The Hall–Kier alpha value is -0.630. The molecule has 0 aliphatic heterocycles. The first-order valence-corrected chi connectivity index (χ1v) is 13.6. The Balaban J connectivity index is 1.63. The highest BCUT2D eigenvalue weighted by atomic mass is 16.3. The van der Waals surface area contributed by atoms with Gasteiger partial charge in [-0.3, -0.25) is 4.79 Å². The van der Waals surface area contributed by atoms with Crippen LogP contribution in [0.5, 0.6) is 0 Å². The Morgan fingerprint density at radius 2 is 1.44 bits per heavy atom. The first-order chi connectivity index (χ1) is 14.6. The van der Waals surface area contributed by atoms with Crippen LogP contribution < -0.4 is 0 Å². The fraction of sp³-hybridized carbons (Fsp3) is 0.900. The Kier molecular flexibility index (Phi) is 4.71. The predicted molar refractivity (Wildman–Crippen MR) is 131 cm³/mol. The molecule has 0 aromatic heterocycles.